The summed E-state index contributed by atoms with van der Waals surface area (Å²) < 4.78 is 9.60. The van der Waals surface area contributed by atoms with Gasteiger partial charge in [0.25, 0.3) is 0 Å². The molecule has 0 fully saturated rings. The quantitative estimate of drug-likeness (QED) is 0.466. The second-order valence-corrected chi connectivity index (χ2v) is 2.49. The Bertz CT molecular complexity index is 161. The van der Waals surface area contributed by atoms with E-state index >= 15 is 0 Å². The van der Waals surface area contributed by atoms with Gasteiger partial charge in [-0.2, -0.15) is 0 Å². The fraction of sp³-hybridized carbons (Fsp3) is 0.667. The molecule has 0 aliphatic rings. The lowest BCUT2D eigenvalue weighted by atomic mass is 10.2. The molecule has 0 unspecified atom stereocenters. The van der Waals surface area contributed by atoms with E-state index in [2.05, 4.69) is 0 Å². The lowest BCUT2D eigenvalue weighted by molar-refractivity contribution is -0.137. The SMILES string of the molecule is CCOC(=O)/C=C(\C)CCOC. The van der Waals surface area contributed by atoms with E-state index in [-0.39, 0.29) is 5.97 Å². The first-order valence-corrected chi connectivity index (χ1v) is 4.03. The highest BCUT2D eigenvalue weighted by Gasteiger charge is 1.97. The average Bonchev–Trinajstić information content (AvgIpc) is 2.01. The first kappa shape index (κ1) is 11.2. The summed E-state index contributed by atoms with van der Waals surface area (Å²) >= 11 is 0. The van der Waals surface area contributed by atoms with Gasteiger partial charge >= 0.3 is 5.97 Å². The van der Waals surface area contributed by atoms with E-state index in [1.54, 1.807) is 14.0 Å². The number of hydrogen-bond acceptors (Lipinski definition) is 3. The van der Waals surface area contributed by atoms with Gasteiger partial charge in [0.15, 0.2) is 0 Å². The molecule has 0 atom stereocenters. The molecule has 0 N–H and O–H groups in total. The Labute approximate surface area is 73.4 Å². The molecule has 0 saturated carbocycles. The predicted octanol–water partition coefficient (Wildman–Crippen LogP) is 1.53. The van der Waals surface area contributed by atoms with Gasteiger partial charge in [0, 0.05) is 19.8 Å². The van der Waals surface area contributed by atoms with Crippen LogP contribution in [-0.4, -0.2) is 26.3 Å². The molecular weight excluding hydrogens is 156 g/mol. The Morgan fingerprint density at radius 2 is 2.17 bits per heavy atom. The Morgan fingerprint density at radius 3 is 2.67 bits per heavy atom. The van der Waals surface area contributed by atoms with E-state index in [0.717, 1.165) is 12.0 Å². The number of methoxy groups -OCH3 is 1. The number of ether oxygens (including phenoxy) is 2. The molecule has 0 bridgehead atoms. The molecule has 0 amide bonds. The van der Waals surface area contributed by atoms with E-state index in [9.17, 15) is 4.79 Å². The van der Waals surface area contributed by atoms with Crippen molar-refractivity contribution >= 4 is 5.97 Å². The Hall–Kier alpha value is -0.830. The van der Waals surface area contributed by atoms with Crippen molar-refractivity contribution in [3.63, 3.8) is 0 Å². The van der Waals surface area contributed by atoms with Gasteiger partial charge in [0.2, 0.25) is 0 Å². The highest BCUT2D eigenvalue weighted by atomic mass is 16.5. The van der Waals surface area contributed by atoms with Crippen molar-refractivity contribution < 1.29 is 14.3 Å². The summed E-state index contributed by atoms with van der Waals surface area (Å²) in [6, 6.07) is 0. The van der Waals surface area contributed by atoms with Crippen LogP contribution in [0.3, 0.4) is 0 Å². The monoisotopic (exact) mass is 172 g/mol. The maximum Gasteiger partial charge on any atom is 0.330 e. The van der Waals surface area contributed by atoms with Crippen LogP contribution in [-0.2, 0) is 14.3 Å². The first-order valence-electron chi connectivity index (χ1n) is 4.03. The summed E-state index contributed by atoms with van der Waals surface area (Å²) in [5.74, 6) is -0.272. The van der Waals surface area contributed by atoms with Gasteiger partial charge in [-0.25, -0.2) is 4.79 Å². The number of hydrogen-bond donors (Lipinski definition) is 0. The topological polar surface area (TPSA) is 35.5 Å². The normalized spacial score (nSPS) is 11.4. The molecule has 12 heavy (non-hydrogen) atoms. The minimum absolute atomic E-state index is 0.272. The van der Waals surface area contributed by atoms with Gasteiger partial charge in [-0.15, -0.1) is 0 Å². The van der Waals surface area contributed by atoms with Crippen LogP contribution in [0.15, 0.2) is 11.6 Å². The van der Waals surface area contributed by atoms with Crippen molar-refractivity contribution in [1.29, 1.82) is 0 Å². The number of carbonyl (C=O) groups excluding carboxylic acids is 1. The first-order chi connectivity index (χ1) is 5.70. The summed E-state index contributed by atoms with van der Waals surface area (Å²) in [5, 5.41) is 0. The fourth-order valence-electron chi connectivity index (χ4n) is 0.720. The van der Waals surface area contributed by atoms with E-state index in [1.165, 1.54) is 6.08 Å². The molecule has 0 spiro atoms. The van der Waals surface area contributed by atoms with Crippen molar-refractivity contribution in [2.45, 2.75) is 20.3 Å². The molecule has 0 heterocycles. The minimum atomic E-state index is -0.272. The second-order valence-electron chi connectivity index (χ2n) is 2.49. The molecule has 0 rings (SSSR count). The Morgan fingerprint density at radius 1 is 1.50 bits per heavy atom. The molecule has 0 aromatic rings. The molecule has 0 aromatic heterocycles. The van der Waals surface area contributed by atoms with Crippen molar-refractivity contribution in [2.75, 3.05) is 20.3 Å². The zero-order chi connectivity index (χ0) is 9.40. The van der Waals surface area contributed by atoms with Gasteiger partial charge in [-0.3, -0.25) is 0 Å². The summed E-state index contributed by atoms with van der Waals surface area (Å²) in [6.07, 6.45) is 2.28. The smallest absolute Gasteiger partial charge is 0.330 e. The highest BCUT2D eigenvalue weighted by molar-refractivity contribution is 5.82. The van der Waals surface area contributed by atoms with Crippen LogP contribution in [0.2, 0.25) is 0 Å². The van der Waals surface area contributed by atoms with Crippen LogP contribution in [0.5, 0.6) is 0 Å². The molecule has 70 valence electrons. The lowest BCUT2D eigenvalue weighted by Gasteiger charge is -2.00. The third-order valence-electron chi connectivity index (χ3n) is 1.35. The van der Waals surface area contributed by atoms with E-state index in [4.69, 9.17) is 9.47 Å². The molecule has 0 radical (unpaired) electrons. The molecule has 0 aliphatic carbocycles. The molecule has 0 aromatic carbocycles. The maximum absolute atomic E-state index is 10.9. The summed E-state index contributed by atoms with van der Waals surface area (Å²) in [7, 11) is 1.64. The largest absolute Gasteiger partial charge is 0.463 e. The minimum Gasteiger partial charge on any atom is -0.463 e. The maximum atomic E-state index is 10.9. The fourth-order valence-corrected chi connectivity index (χ4v) is 0.720. The van der Waals surface area contributed by atoms with Crippen LogP contribution < -0.4 is 0 Å². The third-order valence-corrected chi connectivity index (χ3v) is 1.35. The van der Waals surface area contributed by atoms with Gasteiger partial charge in [0.05, 0.1) is 6.61 Å². The predicted molar refractivity (Wildman–Crippen MR) is 46.9 cm³/mol. The van der Waals surface area contributed by atoms with Crippen molar-refractivity contribution in [3.8, 4) is 0 Å². The number of esters is 1. The van der Waals surface area contributed by atoms with Crippen molar-refractivity contribution in [2.24, 2.45) is 0 Å². The summed E-state index contributed by atoms with van der Waals surface area (Å²) in [5.41, 5.74) is 0.982. The second kappa shape index (κ2) is 6.85. The van der Waals surface area contributed by atoms with Crippen molar-refractivity contribution in [1.82, 2.24) is 0 Å². The zero-order valence-electron chi connectivity index (χ0n) is 7.92. The highest BCUT2D eigenvalue weighted by Crippen LogP contribution is 1.99. The van der Waals surface area contributed by atoms with Crippen molar-refractivity contribution in [3.05, 3.63) is 11.6 Å². The van der Waals surface area contributed by atoms with Crippen LogP contribution in [0.4, 0.5) is 0 Å². The average molecular weight is 172 g/mol. The van der Waals surface area contributed by atoms with Crippen LogP contribution in [0.25, 0.3) is 0 Å². The number of carbonyl (C=O) groups is 1. The van der Waals surface area contributed by atoms with E-state index in [0.29, 0.717) is 13.2 Å². The summed E-state index contributed by atoms with van der Waals surface area (Å²) in [6.45, 7) is 4.74. The van der Waals surface area contributed by atoms with Gasteiger partial charge < -0.3 is 9.47 Å². The zero-order valence-corrected chi connectivity index (χ0v) is 7.92. The number of rotatable bonds is 5. The van der Waals surface area contributed by atoms with Crippen LogP contribution in [0.1, 0.15) is 20.3 Å². The lowest BCUT2D eigenvalue weighted by Crippen LogP contribution is -2.01. The van der Waals surface area contributed by atoms with Crippen LogP contribution in [0, 0.1) is 0 Å². The van der Waals surface area contributed by atoms with Gasteiger partial charge in [-0.1, -0.05) is 5.57 Å². The molecule has 3 nitrogen and oxygen atoms in total. The molecule has 3 heteroatoms. The van der Waals surface area contributed by atoms with Gasteiger partial charge in [0.1, 0.15) is 0 Å². The van der Waals surface area contributed by atoms with E-state index < -0.39 is 0 Å². The summed E-state index contributed by atoms with van der Waals surface area (Å²) in [4.78, 5) is 10.9. The third kappa shape index (κ3) is 5.92. The van der Waals surface area contributed by atoms with Crippen LogP contribution >= 0.6 is 0 Å². The Kier molecular flexibility index (Phi) is 6.38. The molecule has 0 saturated heterocycles. The molecule has 0 aliphatic heterocycles. The van der Waals surface area contributed by atoms with E-state index in [1.807, 2.05) is 6.92 Å². The van der Waals surface area contributed by atoms with Gasteiger partial charge in [-0.05, 0) is 20.3 Å². The Balaban J connectivity index is 3.72. The molecular formula is C9H16O3. The standard InChI is InChI=1S/C9H16O3/c1-4-12-9(10)7-8(2)5-6-11-3/h7H,4-6H2,1-3H3/b8-7+.